The fourth-order valence-corrected chi connectivity index (χ4v) is 4.23. The number of nitrogens with one attached hydrogen (secondary N) is 1. The monoisotopic (exact) mass is 409 g/mol. The van der Waals surface area contributed by atoms with Gasteiger partial charge >= 0.3 is 5.97 Å². The van der Waals surface area contributed by atoms with E-state index in [0.29, 0.717) is 25.9 Å². The molecule has 1 aliphatic rings. The zero-order chi connectivity index (χ0) is 21.4. The molecule has 7 heteroatoms. The van der Waals surface area contributed by atoms with Crippen LogP contribution in [0.1, 0.15) is 65.8 Å². The largest absolute Gasteiger partial charge is 0.430 e. The molecule has 0 aromatic carbocycles. The summed E-state index contributed by atoms with van der Waals surface area (Å²) < 4.78 is 21.2. The second-order valence-corrected chi connectivity index (χ2v) is 8.16. The molecule has 1 amide bonds. The van der Waals surface area contributed by atoms with Gasteiger partial charge < -0.3 is 14.6 Å². The minimum absolute atomic E-state index is 0.00348. The number of carbonyl (C=O) groups excluding carboxylic acids is 2. The molecule has 0 bridgehead atoms. The van der Waals surface area contributed by atoms with Crippen LogP contribution in [0, 0.1) is 5.92 Å². The average molecular weight is 410 g/mol. The van der Waals surface area contributed by atoms with Crippen LogP contribution in [0.5, 0.6) is 0 Å². The van der Waals surface area contributed by atoms with E-state index < -0.39 is 18.4 Å². The lowest BCUT2D eigenvalue weighted by Crippen LogP contribution is -2.46. The predicted molar refractivity (Wildman–Crippen MR) is 111 cm³/mol. The number of rotatable bonds is 11. The second kappa shape index (κ2) is 11.3. The number of aromatic nitrogens is 1. The van der Waals surface area contributed by atoms with Crippen molar-refractivity contribution in [1.29, 1.82) is 0 Å². The maximum atomic E-state index is 13.9. The maximum Gasteiger partial charge on any atom is 0.325 e. The van der Waals surface area contributed by atoms with Crippen molar-refractivity contribution in [3.63, 3.8) is 0 Å². The number of nitrogens with zero attached hydrogens (tertiary/aromatic N) is 2. The van der Waals surface area contributed by atoms with Gasteiger partial charge in [-0.3, -0.25) is 14.5 Å². The Bertz CT molecular complexity index is 637. The van der Waals surface area contributed by atoms with Gasteiger partial charge in [-0.1, -0.05) is 20.3 Å². The summed E-state index contributed by atoms with van der Waals surface area (Å²) in [5, 5.41) is 2.99. The molecule has 0 aliphatic carbocycles. The molecule has 5 atom stereocenters. The van der Waals surface area contributed by atoms with E-state index >= 15 is 0 Å². The first-order chi connectivity index (χ1) is 13.8. The number of alkyl halides is 1. The van der Waals surface area contributed by atoms with Crippen LogP contribution in [0.15, 0.2) is 24.5 Å². The van der Waals surface area contributed by atoms with Crippen LogP contribution in [0.4, 0.5) is 4.39 Å². The summed E-state index contributed by atoms with van der Waals surface area (Å²) >= 11 is 0. The molecular weight excluding hydrogens is 373 g/mol. The molecule has 3 unspecified atom stereocenters. The number of ether oxygens (including phenoxy) is 1. The number of hydrogen-bond donors (Lipinski definition) is 1. The van der Waals surface area contributed by atoms with Crippen molar-refractivity contribution in [2.75, 3.05) is 13.1 Å². The van der Waals surface area contributed by atoms with E-state index in [4.69, 9.17) is 4.74 Å². The Kier molecular flexibility index (Phi) is 9.14. The summed E-state index contributed by atoms with van der Waals surface area (Å²) in [4.78, 5) is 26.4. The minimum atomic E-state index is -1.55. The van der Waals surface area contributed by atoms with Gasteiger partial charge in [0.1, 0.15) is 6.04 Å². The van der Waals surface area contributed by atoms with Gasteiger partial charge in [-0.2, -0.15) is 0 Å². The molecule has 6 nitrogen and oxygen atoms in total. The van der Waals surface area contributed by atoms with Gasteiger partial charge in [0.15, 0.2) is 0 Å². The standard InChI is InChI=1S/C22H36FN3O3/c1-5-9-18(16(3)24-17(4)27)14-26-15-19(25-11-7-8-12-25)13-20(26)22(28)29-21(23)10-6-2/h7-8,11-12,16,18-21H,5-6,9-10,13-15H2,1-4H3,(H,24,27)/t16?,18?,19-,20-,21?/m1/s1. The molecule has 1 aromatic heterocycles. The van der Waals surface area contributed by atoms with Crippen LogP contribution >= 0.6 is 0 Å². The molecular formula is C22H36FN3O3. The lowest BCUT2D eigenvalue weighted by Gasteiger charge is -2.31. The summed E-state index contributed by atoms with van der Waals surface area (Å²) in [6.45, 7) is 8.87. The molecule has 1 aromatic rings. The SMILES string of the molecule is CCCC(F)OC(=O)[C@H]1C[C@@H](n2cccc2)CN1CC(CCC)C(C)NC(C)=O. The quantitative estimate of drug-likeness (QED) is 0.566. The summed E-state index contributed by atoms with van der Waals surface area (Å²) in [5.41, 5.74) is 0. The van der Waals surface area contributed by atoms with Crippen molar-refractivity contribution in [2.24, 2.45) is 5.92 Å². The Hall–Kier alpha value is -1.89. The van der Waals surface area contributed by atoms with Gasteiger partial charge in [0.25, 0.3) is 0 Å². The van der Waals surface area contributed by atoms with Crippen molar-refractivity contribution < 1.29 is 18.7 Å². The number of likely N-dealkylation sites (tertiary alicyclic amines) is 1. The molecule has 164 valence electrons. The van der Waals surface area contributed by atoms with Crippen molar-refractivity contribution in [2.45, 2.75) is 84.3 Å². The molecule has 2 rings (SSSR count). The predicted octanol–water partition coefficient (Wildman–Crippen LogP) is 3.68. The highest BCUT2D eigenvalue weighted by Crippen LogP contribution is 2.31. The van der Waals surface area contributed by atoms with E-state index in [2.05, 4.69) is 21.7 Å². The highest BCUT2D eigenvalue weighted by molar-refractivity contribution is 5.76. The molecule has 0 spiro atoms. The first-order valence-corrected chi connectivity index (χ1v) is 10.8. The van der Waals surface area contributed by atoms with Gasteiger partial charge in [-0.25, -0.2) is 4.39 Å². The molecule has 1 N–H and O–H groups in total. The van der Waals surface area contributed by atoms with Gasteiger partial charge in [-0.15, -0.1) is 0 Å². The maximum absolute atomic E-state index is 13.9. The van der Waals surface area contributed by atoms with Crippen LogP contribution in [0.2, 0.25) is 0 Å². The fourth-order valence-electron chi connectivity index (χ4n) is 4.23. The molecule has 1 saturated heterocycles. The van der Waals surface area contributed by atoms with Crippen molar-refractivity contribution in [3.05, 3.63) is 24.5 Å². The fraction of sp³-hybridized carbons (Fsp3) is 0.727. The van der Waals surface area contributed by atoms with Crippen molar-refractivity contribution >= 4 is 11.9 Å². The van der Waals surface area contributed by atoms with Crippen molar-refractivity contribution in [1.82, 2.24) is 14.8 Å². The Labute approximate surface area is 173 Å². The number of amides is 1. The topological polar surface area (TPSA) is 63.6 Å². The van der Waals surface area contributed by atoms with Crippen molar-refractivity contribution in [3.8, 4) is 0 Å². The van der Waals surface area contributed by atoms with E-state index in [0.717, 1.165) is 12.8 Å². The zero-order valence-electron chi connectivity index (χ0n) is 18.1. The highest BCUT2D eigenvalue weighted by Gasteiger charge is 2.40. The first-order valence-electron chi connectivity index (χ1n) is 10.8. The summed E-state index contributed by atoms with van der Waals surface area (Å²) in [6, 6.07) is 3.61. The van der Waals surface area contributed by atoms with Crippen LogP contribution in [0.3, 0.4) is 0 Å². The van der Waals surface area contributed by atoms with E-state index in [9.17, 15) is 14.0 Å². The van der Waals surface area contributed by atoms with Crippen LogP contribution in [-0.4, -0.2) is 52.9 Å². The smallest absolute Gasteiger partial charge is 0.325 e. The normalized spacial score (nSPS) is 22.8. The molecule has 29 heavy (non-hydrogen) atoms. The Morgan fingerprint density at radius 3 is 2.45 bits per heavy atom. The molecule has 0 radical (unpaired) electrons. The lowest BCUT2D eigenvalue weighted by molar-refractivity contribution is -0.164. The second-order valence-electron chi connectivity index (χ2n) is 8.16. The number of hydrogen-bond acceptors (Lipinski definition) is 4. The lowest BCUT2D eigenvalue weighted by atomic mass is 9.95. The summed E-state index contributed by atoms with van der Waals surface area (Å²) in [5.74, 6) is -0.330. The van der Waals surface area contributed by atoms with Gasteiger partial charge in [0, 0.05) is 50.9 Å². The van der Waals surface area contributed by atoms with Gasteiger partial charge in [0.05, 0.1) is 0 Å². The number of esters is 1. The van der Waals surface area contributed by atoms with E-state index in [1.165, 1.54) is 6.92 Å². The van der Waals surface area contributed by atoms with Crippen LogP contribution in [0.25, 0.3) is 0 Å². The molecule has 1 aliphatic heterocycles. The highest BCUT2D eigenvalue weighted by atomic mass is 19.1. The van der Waals surface area contributed by atoms with Gasteiger partial charge in [0.2, 0.25) is 12.3 Å². The van der Waals surface area contributed by atoms with Gasteiger partial charge in [-0.05, 0) is 44.2 Å². The average Bonchev–Trinajstić information content (AvgIpc) is 3.30. The zero-order valence-corrected chi connectivity index (χ0v) is 18.1. The first kappa shape index (κ1) is 23.4. The molecule has 1 fully saturated rings. The third kappa shape index (κ3) is 6.84. The Balaban J connectivity index is 2.14. The number of halogens is 1. The van der Waals surface area contributed by atoms with E-state index in [1.807, 2.05) is 38.4 Å². The molecule has 0 saturated carbocycles. The third-order valence-electron chi connectivity index (χ3n) is 5.73. The summed E-state index contributed by atoms with van der Waals surface area (Å²) in [6.07, 6.45) is 5.81. The Morgan fingerprint density at radius 1 is 1.21 bits per heavy atom. The van der Waals surface area contributed by atoms with E-state index in [-0.39, 0.29) is 30.3 Å². The number of carbonyl (C=O) groups is 2. The van der Waals surface area contributed by atoms with E-state index in [1.54, 1.807) is 0 Å². The summed E-state index contributed by atoms with van der Waals surface area (Å²) in [7, 11) is 0. The Morgan fingerprint density at radius 2 is 1.86 bits per heavy atom. The third-order valence-corrected chi connectivity index (χ3v) is 5.73. The van der Waals surface area contributed by atoms with Crippen LogP contribution in [-0.2, 0) is 14.3 Å². The van der Waals surface area contributed by atoms with Crippen LogP contribution < -0.4 is 5.32 Å². The minimum Gasteiger partial charge on any atom is -0.430 e. The molecule has 2 heterocycles.